The molecule has 4 rings (SSSR count). The molecule has 0 atom stereocenters. The van der Waals surface area contributed by atoms with Gasteiger partial charge in [-0.3, -0.25) is 0 Å². The first kappa shape index (κ1) is 23.3. The maximum atomic E-state index is 13.0. The van der Waals surface area contributed by atoms with Crippen LogP contribution in [0.25, 0.3) is 0 Å². The van der Waals surface area contributed by atoms with Crippen LogP contribution in [0.4, 0.5) is 17.5 Å². The van der Waals surface area contributed by atoms with Gasteiger partial charge in [0.1, 0.15) is 11.6 Å². The van der Waals surface area contributed by atoms with Crippen molar-refractivity contribution in [2.75, 3.05) is 43.5 Å². The smallest absolute Gasteiger partial charge is 0.243 e. The summed E-state index contributed by atoms with van der Waals surface area (Å²) in [7, 11) is -1.98. The monoisotopic (exact) mass is 487 g/mol. The minimum absolute atomic E-state index is 0.212. The summed E-state index contributed by atoms with van der Waals surface area (Å²) in [4.78, 5) is 11.4. The van der Waals surface area contributed by atoms with Crippen molar-refractivity contribution >= 4 is 39.1 Å². The van der Waals surface area contributed by atoms with Gasteiger partial charge in [0.25, 0.3) is 0 Å². The van der Waals surface area contributed by atoms with E-state index in [-0.39, 0.29) is 4.90 Å². The molecule has 8 nitrogen and oxygen atoms in total. The fourth-order valence-electron chi connectivity index (χ4n) is 3.59. The van der Waals surface area contributed by atoms with Crippen LogP contribution in [0, 0.1) is 13.8 Å². The summed E-state index contributed by atoms with van der Waals surface area (Å²) >= 11 is 6.14. The van der Waals surface area contributed by atoms with Crippen molar-refractivity contribution in [2.45, 2.75) is 18.7 Å². The number of nitrogens with zero attached hydrogens (tertiary/aromatic N) is 4. The van der Waals surface area contributed by atoms with Crippen LogP contribution in [-0.4, -0.2) is 56.0 Å². The predicted molar refractivity (Wildman–Crippen MR) is 130 cm³/mol. The van der Waals surface area contributed by atoms with Gasteiger partial charge >= 0.3 is 0 Å². The number of benzene rings is 2. The van der Waals surface area contributed by atoms with Gasteiger partial charge in [-0.05, 0) is 55.8 Å². The standard InChI is InChI=1S/C23H26ClN5O3S/c1-16-4-9-20(15-21(16)24)33(30,31)29-12-10-28(11-13-29)23-25-17(2)14-22(27-23)26-18-5-7-19(32-3)8-6-18/h4-9,14-15H,10-13H2,1-3H3,(H,25,26,27). The number of piperazine rings is 1. The Morgan fingerprint density at radius 3 is 2.30 bits per heavy atom. The Morgan fingerprint density at radius 2 is 1.67 bits per heavy atom. The third kappa shape index (κ3) is 5.21. The molecule has 1 N–H and O–H groups in total. The van der Waals surface area contributed by atoms with Crippen LogP contribution in [-0.2, 0) is 10.0 Å². The number of rotatable bonds is 6. The Bertz CT molecular complexity index is 1240. The van der Waals surface area contributed by atoms with E-state index in [4.69, 9.17) is 16.3 Å². The Hall–Kier alpha value is -2.88. The molecule has 2 heterocycles. The second kappa shape index (κ2) is 9.54. The number of halogens is 1. The zero-order valence-corrected chi connectivity index (χ0v) is 20.3. The Kier molecular flexibility index (Phi) is 6.73. The van der Waals surface area contributed by atoms with E-state index in [1.54, 1.807) is 19.2 Å². The molecule has 1 fully saturated rings. The lowest BCUT2D eigenvalue weighted by Crippen LogP contribution is -2.49. The van der Waals surface area contributed by atoms with Crippen molar-refractivity contribution in [2.24, 2.45) is 0 Å². The van der Waals surface area contributed by atoms with Gasteiger partial charge in [-0.2, -0.15) is 9.29 Å². The van der Waals surface area contributed by atoms with Crippen LogP contribution >= 0.6 is 11.6 Å². The van der Waals surface area contributed by atoms with Gasteiger partial charge in [-0.15, -0.1) is 0 Å². The summed E-state index contributed by atoms with van der Waals surface area (Å²) in [5, 5.41) is 3.73. The summed E-state index contributed by atoms with van der Waals surface area (Å²) in [5.41, 5.74) is 2.55. The molecule has 1 aliphatic rings. The zero-order valence-electron chi connectivity index (χ0n) is 18.7. The molecule has 0 radical (unpaired) electrons. The lowest BCUT2D eigenvalue weighted by atomic mass is 10.2. The Balaban J connectivity index is 1.46. The molecule has 0 saturated carbocycles. The number of hydrogen-bond donors (Lipinski definition) is 1. The molecule has 0 bridgehead atoms. The number of anilines is 3. The highest BCUT2D eigenvalue weighted by Gasteiger charge is 2.29. The van der Waals surface area contributed by atoms with E-state index >= 15 is 0 Å². The molecule has 0 amide bonds. The number of aryl methyl sites for hydroxylation is 2. The predicted octanol–water partition coefficient (Wildman–Crippen LogP) is 4.01. The van der Waals surface area contributed by atoms with E-state index in [0.29, 0.717) is 43.0 Å². The van der Waals surface area contributed by atoms with Crippen LogP contribution in [0.15, 0.2) is 53.4 Å². The maximum Gasteiger partial charge on any atom is 0.243 e. The second-order valence-electron chi connectivity index (χ2n) is 7.85. The largest absolute Gasteiger partial charge is 0.497 e. The number of aromatic nitrogens is 2. The molecule has 0 unspecified atom stereocenters. The fourth-order valence-corrected chi connectivity index (χ4v) is 5.29. The van der Waals surface area contributed by atoms with Crippen molar-refractivity contribution in [3.8, 4) is 5.75 Å². The van der Waals surface area contributed by atoms with Crippen molar-refractivity contribution in [1.29, 1.82) is 0 Å². The topological polar surface area (TPSA) is 87.7 Å². The molecule has 0 spiro atoms. The van der Waals surface area contributed by atoms with E-state index in [1.165, 1.54) is 10.4 Å². The van der Waals surface area contributed by atoms with Crippen LogP contribution in [0.2, 0.25) is 5.02 Å². The number of nitrogens with one attached hydrogen (secondary N) is 1. The van der Waals surface area contributed by atoms with Gasteiger partial charge in [0.2, 0.25) is 16.0 Å². The highest BCUT2D eigenvalue weighted by atomic mass is 35.5. The number of methoxy groups -OCH3 is 1. The first-order valence-corrected chi connectivity index (χ1v) is 12.4. The van der Waals surface area contributed by atoms with E-state index in [9.17, 15) is 8.42 Å². The summed E-state index contributed by atoms with van der Waals surface area (Å²) in [5.74, 6) is 2.02. The van der Waals surface area contributed by atoms with Crippen molar-refractivity contribution in [1.82, 2.24) is 14.3 Å². The SMILES string of the molecule is COc1ccc(Nc2cc(C)nc(N3CCN(S(=O)(=O)c4ccc(C)c(Cl)c4)CC3)n2)cc1. The van der Waals surface area contributed by atoms with Crippen LogP contribution in [0.3, 0.4) is 0 Å². The van der Waals surface area contributed by atoms with Gasteiger partial charge in [0, 0.05) is 48.6 Å². The molecule has 33 heavy (non-hydrogen) atoms. The molecule has 174 valence electrons. The number of hydrogen-bond acceptors (Lipinski definition) is 7. The van der Waals surface area contributed by atoms with Crippen LogP contribution in [0.5, 0.6) is 5.75 Å². The fraction of sp³-hybridized carbons (Fsp3) is 0.304. The summed E-state index contributed by atoms with van der Waals surface area (Å²) in [6.45, 7) is 5.41. The molecule has 1 aliphatic heterocycles. The van der Waals surface area contributed by atoms with E-state index < -0.39 is 10.0 Å². The first-order valence-electron chi connectivity index (χ1n) is 10.5. The third-order valence-electron chi connectivity index (χ3n) is 5.51. The van der Waals surface area contributed by atoms with Crippen molar-refractivity contribution in [3.63, 3.8) is 0 Å². The molecule has 2 aromatic carbocycles. The molecule has 10 heteroatoms. The lowest BCUT2D eigenvalue weighted by Gasteiger charge is -2.34. The van der Waals surface area contributed by atoms with Crippen LogP contribution in [0.1, 0.15) is 11.3 Å². The molecule has 0 aliphatic carbocycles. The van der Waals surface area contributed by atoms with E-state index in [2.05, 4.69) is 15.3 Å². The molecule has 1 saturated heterocycles. The number of ether oxygens (including phenoxy) is 1. The van der Waals surface area contributed by atoms with Gasteiger partial charge < -0.3 is 15.0 Å². The summed E-state index contributed by atoms with van der Waals surface area (Å²) in [6, 6.07) is 14.3. The van der Waals surface area contributed by atoms with E-state index in [1.807, 2.05) is 49.1 Å². The quantitative estimate of drug-likeness (QED) is 0.562. The van der Waals surface area contributed by atoms with Crippen molar-refractivity contribution < 1.29 is 13.2 Å². The normalized spacial score (nSPS) is 14.8. The molecular formula is C23H26ClN5O3S. The summed E-state index contributed by atoms with van der Waals surface area (Å²) in [6.07, 6.45) is 0. The lowest BCUT2D eigenvalue weighted by molar-refractivity contribution is 0.382. The Labute approximate surface area is 199 Å². The highest BCUT2D eigenvalue weighted by Crippen LogP contribution is 2.25. The third-order valence-corrected chi connectivity index (χ3v) is 7.81. The second-order valence-corrected chi connectivity index (χ2v) is 10.2. The van der Waals surface area contributed by atoms with Crippen LogP contribution < -0.4 is 15.0 Å². The van der Waals surface area contributed by atoms with E-state index in [0.717, 1.165) is 22.7 Å². The first-order chi connectivity index (χ1) is 15.8. The highest BCUT2D eigenvalue weighted by molar-refractivity contribution is 7.89. The Morgan fingerprint density at radius 1 is 0.970 bits per heavy atom. The molecular weight excluding hydrogens is 462 g/mol. The maximum absolute atomic E-state index is 13.0. The minimum Gasteiger partial charge on any atom is -0.497 e. The zero-order chi connectivity index (χ0) is 23.6. The minimum atomic E-state index is -3.61. The molecule has 3 aromatic rings. The van der Waals surface area contributed by atoms with Crippen molar-refractivity contribution in [3.05, 3.63) is 64.8 Å². The van der Waals surface area contributed by atoms with Gasteiger partial charge in [-0.25, -0.2) is 13.4 Å². The van der Waals surface area contributed by atoms with Gasteiger partial charge in [-0.1, -0.05) is 17.7 Å². The van der Waals surface area contributed by atoms with Gasteiger partial charge in [0.05, 0.1) is 12.0 Å². The number of sulfonamides is 1. The summed E-state index contributed by atoms with van der Waals surface area (Å²) < 4.78 is 32.8. The molecule has 1 aromatic heterocycles. The average molecular weight is 488 g/mol. The average Bonchev–Trinajstić information content (AvgIpc) is 2.81. The van der Waals surface area contributed by atoms with Gasteiger partial charge in [0.15, 0.2) is 0 Å².